The molecular formula is C20H24N2O5. The van der Waals surface area contributed by atoms with Crippen LogP contribution in [-0.2, 0) is 9.59 Å². The molecule has 0 heterocycles. The summed E-state index contributed by atoms with van der Waals surface area (Å²) in [6.45, 7) is 3.80. The molecule has 2 aromatic rings. The third kappa shape index (κ3) is 4.91. The average molecular weight is 372 g/mol. The molecule has 0 aromatic heterocycles. The maximum atomic E-state index is 12.3. The summed E-state index contributed by atoms with van der Waals surface area (Å²) in [5, 5.41) is 5.46. The van der Waals surface area contributed by atoms with Crippen LogP contribution in [0.25, 0.3) is 0 Å². The van der Waals surface area contributed by atoms with Crippen molar-refractivity contribution in [2.45, 2.75) is 20.3 Å². The minimum atomic E-state index is -0.451. The molecule has 2 aromatic carbocycles. The van der Waals surface area contributed by atoms with Gasteiger partial charge in [0.15, 0.2) is 11.5 Å². The molecular weight excluding hydrogens is 348 g/mol. The zero-order valence-corrected chi connectivity index (χ0v) is 16.1. The number of benzene rings is 2. The Morgan fingerprint density at radius 3 is 1.85 bits per heavy atom. The van der Waals surface area contributed by atoms with Crippen molar-refractivity contribution in [1.82, 2.24) is 0 Å². The normalized spacial score (nSPS) is 10.1. The van der Waals surface area contributed by atoms with Gasteiger partial charge in [-0.2, -0.15) is 0 Å². The first-order valence-corrected chi connectivity index (χ1v) is 8.35. The average Bonchev–Trinajstić information content (AvgIpc) is 2.63. The second-order valence-corrected chi connectivity index (χ2v) is 5.95. The smallest absolute Gasteiger partial charge is 0.233 e. The van der Waals surface area contributed by atoms with Crippen molar-refractivity contribution in [2.75, 3.05) is 32.0 Å². The van der Waals surface area contributed by atoms with Crippen molar-refractivity contribution in [2.24, 2.45) is 0 Å². The van der Waals surface area contributed by atoms with E-state index in [-0.39, 0.29) is 6.42 Å². The van der Waals surface area contributed by atoms with Crippen LogP contribution in [0.2, 0.25) is 0 Å². The van der Waals surface area contributed by atoms with E-state index in [1.165, 1.54) is 21.3 Å². The Balaban J connectivity index is 2.08. The summed E-state index contributed by atoms with van der Waals surface area (Å²) in [5.74, 6) is 0.399. The van der Waals surface area contributed by atoms with Gasteiger partial charge in [-0.25, -0.2) is 0 Å². The van der Waals surface area contributed by atoms with E-state index in [0.717, 1.165) is 16.8 Å². The second kappa shape index (κ2) is 8.93. The minimum absolute atomic E-state index is 0.315. The predicted molar refractivity (Wildman–Crippen MR) is 104 cm³/mol. The SMILES string of the molecule is COc1cc(NC(=O)CC(=O)Nc2c(C)cccc2C)cc(OC)c1OC. The van der Waals surface area contributed by atoms with Crippen LogP contribution in [0.1, 0.15) is 17.5 Å². The van der Waals surface area contributed by atoms with Gasteiger partial charge in [-0.1, -0.05) is 18.2 Å². The number of carbonyl (C=O) groups excluding carboxylic acids is 2. The van der Waals surface area contributed by atoms with E-state index in [4.69, 9.17) is 14.2 Å². The predicted octanol–water partition coefficient (Wildman–Crippen LogP) is 3.30. The number of ether oxygens (including phenoxy) is 3. The number of nitrogens with one attached hydrogen (secondary N) is 2. The molecule has 0 saturated carbocycles. The number of hydrogen-bond donors (Lipinski definition) is 2. The van der Waals surface area contributed by atoms with Gasteiger partial charge in [0.25, 0.3) is 0 Å². The molecule has 0 aliphatic heterocycles. The largest absolute Gasteiger partial charge is 0.493 e. The van der Waals surface area contributed by atoms with Crippen molar-refractivity contribution < 1.29 is 23.8 Å². The van der Waals surface area contributed by atoms with Gasteiger partial charge in [-0.15, -0.1) is 0 Å². The van der Waals surface area contributed by atoms with E-state index in [0.29, 0.717) is 22.9 Å². The molecule has 7 nitrogen and oxygen atoms in total. The van der Waals surface area contributed by atoms with Crippen molar-refractivity contribution in [3.8, 4) is 17.2 Å². The maximum absolute atomic E-state index is 12.3. The van der Waals surface area contributed by atoms with Crippen LogP contribution in [0.3, 0.4) is 0 Å². The molecule has 0 spiro atoms. The first-order valence-electron chi connectivity index (χ1n) is 8.35. The Kier molecular flexibility index (Phi) is 6.65. The quantitative estimate of drug-likeness (QED) is 0.729. The Hall–Kier alpha value is -3.22. The van der Waals surface area contributed by atoms with E-state index >= 15 is 0 Å². The number of methoxy groups -OCH3 is 3. The van der Waals surface area contributed by atoms with Gasteiger partial charge in [0.05, 0.1) is 21.3 Å². The molecule has 0 aliphatic carbocycles. The van der Waals surface area contributed by atoms with E-state index in [2.05, 4.69) is 10.6 Å². The molecule has 2 amide bonds. The third-order valence-corrected chi connectivity index (χ3v) is 4.02. The monoisotopic (exact) mass is 372 g/mol. The highest BCUT2D eigenvalue weighted by Gasteiger charge is 2.16. The summed E-state index contributed by atoms with van der Waals surface area (Å²) in [6, 6.07) is 8.92. The van der Waals surface area contributed by atoms with Crippen LogP contribution in [-0.4, -0.2) is 33.1 Å². The second-order valence-electron chi connectivity index (χ2n) is 5.95. The highest BCUT2D eigenvalue weighted by molar-refractivity contribution is 6.08. The Bertz CT molecular complexity index is 803. The maximum Gasteiger partial charge on any atom is 0.233 e. The molecule has 7 heteroatoms. The topological polar surface area (TPSA) is 85.9 Å². The van der Waals surface area contributed by atoms with Crippen molar-refractivity contribution in [3.05, 3.63) is 41.5 Å². The minimum Gasteiger partial charge on any atom is -0.493 e. The standard InChI is InChI=1S/C20H24N2O5/c1-12-7-6-8-13(2)19(12)22-18(24)11-17(23)21-14-9-15(25-3)20(27-5)16(10-14)26-4/h6-10H,11H2,1-5H3,(H,21,23)(H,22,24). The number of hydrogen-bond acceptors (Lipinski definition) is 5. The molecule has 0 aliphatic rings. The molecule has 2 rings (SSSR count). The van der Waals surface area contributed by atoms with Crippen LogP contribution in [0.4, 0.5) is 11.4 Å². The van der Waals surface area contributed by atoms with E-state index in [1.54, 1.807) is 12.1 Å². The zero-order valence-electron chi connectivity index (χ0n) is 16.1. The Morgan fingerprint density at radius 1 is 0.852 bits per heavy atom. The first kappa shape index (κ1) is 20.1. The van der Waals surface area contributed by atoms with Crippen LogP contribution in [0, 0.1) is 13.8 Å². The number of amides is 2. The van der Waals surface area contributed by atoms with Crippen LogP contribution in [0.15, 0.2) is 30.3 Å². The molecule has 0 radical (unpaired) electrons. The van der Waals surface area contributed by atoms with E-state index in [9.17, 15) is 9.59 Å². The molecule has 0 saturated heterocycles. The van der Waals surface area contributed by atoms with Gasteiger partial charge < -0.3 is 24.8 Å². The van der Waals surface area contributed by atoms with Gasteiger partial charge in [0.2, 0.25) is 17.6 Å². The molecule has 0 fully saturated rings. The summed E-state index contributed by atoms with van der Waals surface area (Å²) in [4.78, 5) is 24.5. The summed E-state index contributed by atoms with van der Waals surface area (Å²) in [6.07, 6.45) is -0.315. The first-order chi connectivity index (χ1) is 12.9. The van der Waals surface area contributed by atoms with Crippen LogP contribution >= 0.6 is 0 Å². The highest BCUT2D eigenvalue weighted by atomic mass is 16.5. The summed E-state index contributed by atoms with van der Waals surface area (Å²) < 4.78 is 15.7. The highest BCUT2D eigenvalue weighted by Crippen LogP contribution is 2.39. The van der Waals surface area contributed by atoms with Gasteiger partial charge in [-0.3, -0.25) is 9.59 Å². The molecule has 27 heavy (non-hydrogen) atoms. The zero-order chi connectivity index (χ0) is 20.0. The molecule has 0 bridgehead atoms. The molecule has 2 N–H and O–H groups in total. The summed E-state index contributed by atoms with van der Waals surface area (Å²) in [7, 11) is 4.47. The van der Waals surface area contributed by atoms with E-state index in [1.807, 2.05) is 32.0 Å². The number of anilines is 2. The fourth-order valence-electron chi connectivity index (χ4n) is 2.70. The molecule has 0 atom stereocenters. The van der Waals surface area contributed by atoms with Crippen LogP contribution in [0.5, 0.6) is 17.2 Å². The van der Waals surface area contributed by atoms with Crippen molar-refractivity contribution in [1.29, 1.82) is 0 Å². The number of carbonyl (C=O) groups is 2. The number of para-hydroxylation sites is 1. The number of aryl methyl sites for hydroxylation is 2. The lowest BCUT2D eigenvalue weighted by Gasteiger charge is -2.15. The van der Waals surface area contributed by atoms with Gasteiger partial charge in [0.1, 0.15) is 6.42 Å². The fraction of sp³-hybridized carbons (Fsp3) is 0.300. The Morgan fingerprint density at radius 2 is 1.37 bits per heavy atom. The summed E-state index contributed by atoms with van der Waals surface area (Å²) >= 11 is 0. The lowest BCUT2D eigenvalue weighted by atomic mass is 10.1. The van der Waals surface area contributed by atoms with Gasteiger partial charge >= 0.3 is 0 Å². The van der Waals surface area contributed by atoms with Gasteiger partial charge in [0, 0.05) is 23.5 Å². The fourth-order valence-corrected chi connectivity index (χ4v) is 2.70. The van der Waals surface area contributed by atoms with Crippen molar-refractivity contribution >= 4 is 23.2 Å². The van der Waals surface area contributed by atoms with Crippen molar-refractivity contribution in [3.63, 3.8) is 0 Å². The lowest BCUT2D eigenvalue weighted by molar-refractivity contribution is -0.123. The third-order valence-electron chi connectivity index (χ3n) is 4.02. The van der Waals surface area contributed by atoms with Crippen LogP contribution < -0.4 is 24.8 Å². The number of rotatable bonds is 7. The lowest BCUT2D eigenvalue weighted by Crippen LogP contribution is -2.22. The Labute approximate surface area is 158 Å². The van der Waals surface area contributed by atoms with E-state index < -0.39 is 11.8 Å². The summed E-state index contributed by atoms with van der Waals surface area (Å²) in [5.41, 5.74) is 3.04. The van der Waals surface area contributed by atoms with Gasteiger partial charge in [-0.05, 0) is 25.0 Å². The molecule has 0 unspecified atom stereocenters. The molecule has 144 valence electrons.